The van der Waals surface area contributed by atoms with Crippen LogP contribution >= 0.6 is 15.9 Å². The third-order valence-electron chi connectivity index (χ3n) is 5.60. The molecule has 2 aliphatic heterocycles. The van der Waals surface area contributed by atoms with Crippen LogP contribution in [0.1, 0.15) is 44.2 Å². The Kier molecular flexibility index (Phi) is 5.60. The third-order valence-corrected chi connectivity index (χ3v) is 6.05. The quantitative estimate of drug-likeness (QED) is 0.678. The van der Waals surface area contributed by atoms with Gasteiger partial charge in [0.15, 0.2) is 0 Å². The molecule has 2 saturated heterocycles. The number of hydrogen-bond donors (Lipinski definition) is 0. The summed E-state index contributed by atoms with van der Waals surface area (Å²) in [7, 11) is 0. The number of piperidine rings is 1. The SMILES string of the molecule is CC[C@@H](C)N1CC(=O)N([C@H]2CCCN(c3c(C)cc(Br)cc3C)C2=O)C1=O. The summed E-state index contributed by atoms with van der Waals surface area (Å²) in [6, 6.07) is 2.90. The predicted molar refractivity (Wildman–Crippen MR) is 108 cm³/mol. The Morgan fingerprint density at radius 2 is 1.81 bits per heavy atom. The summed E-state index contributed by atoms with van der Waals surface area (Å²) in [6.07, 6.45) is 2.05. The molecule has 0 aliphatic carbocycles. The van der Waals surface area contributed by atoms with E-state index in [1.165, 1.54) is 4.90 Å². The topological polar surface area (TPSA) is 60.9 Å². The highest BCUT2D eigenvalue weighted by atomic mass is 79.9. The first kappa shape index (κ1) is 19.9. The molecule has 27 heavy (non-hydrogen) atoms. The minimum Gasteiger partial charge on any atom is -0.312 e. The van der Waals surface area contributed by atoms with Crippen LogP contribution in [0.2, 0.25) is 0 Å². The van der Waals surface area contributed by atoms with E-state index in [4.69, 9.17) is 0 Å². The van der Waals surface area contributed by atoms with Crippen LogP contribution in [-0.4, -0.2) is 52.8 Å². The molecule has 0 bridgehead atoms. The van der Waals surface area contributed by atoms with E-state index in [9.17, 15) is 14.4 Å². The number of benzene rings is 1. The van der Waals surface area contributed by atoms with E-state index in [1.807, 2.05) is 39.8 Å². The third kappa shape index (κ3) is 3.49. The van der Waals surface area contributed by atoms with Crippen molar-refractivity contribution in [1.29, 1.82) is 0 Å². The molecule has 146 valence electrons. The van der Waals surface area contributed by atoms with Gasteiger partial charge >= 0.3 is 6.03 Å². The normalized spacial score (nSPS) is 22.0. The molecule has 0 unspecified atom stereocenters. The number of aryl methyl sites for hydroxylation is 2. The number of anilines is 1. The molecule has 2 aliphatic rings. The van der Waals surface area contributed by atoms with Crippen LogP contribution in [0.5, 0.6) is 0 Å². The maximum absolute atomic E-state index is 13.3. The minimum atomic E-state index is -0.713. The second-order valence-corrected chi connectivity index (χ2v) is 8.38. The Morgan fingerprint density at radius 1 is 1.19 bits per heavy atom. The summed E-state index contributed by atoms with van der Waals surface area (Å²) in [6.45, 7) is 8.52. The van der Waals surface area contributed by atoms with Crippen LogP contribution in [0, 0.1) is 13.8 Å². The molecule has 2 fully saturated rings. The van der Waals surface area contributed by atoms with Gasteiger partial charge < -0.3 is 9.80 Å². The molecule has 2 atom stereocenters. The number of hydrogen-bond acceptors (Lipinski definition) is 3. The molecule has 0 N–H and O–H groups in total. The van der Waals surface area contributed by atoms with Gasteiger partial charge in [-0.25, -0.2) is 9.69 Å². The Hall–Kier alpha value is -1.89. The number of imide groups is 1. The first-order chi connectivity index (χ1) is 12.8. The van der Waals surface area contributed by atoms with Gasteiger partial charge in [-0.2, -0.15) is 0 Å². The van der Waals surface area contributed by atoms with Gasteiger partial charge in [-0.1, -0.05) is 22.9 Å². The number of urea groups is 1. The summed E-state index contributed by atoms with van der Waals surface area (Å²) in [5.74, 6) is -0.438. The summed E-state index contributed by atoms with van der Waals surface area (Å²) in [4.78, 5) is 43.2. The molecule has 0 aromatic heterocycles. The molecule has 0 spiro atoms. The second kappa shape index (κ2) is 7.62. The lowest BCUT2D eigenvalue weighted by Gasteiger charge is -2.37. The molecule has 1 aromatic rings. The van der Waals surface area contributed by atoms with Crippen molar-refractivity contribution in [2.75, 3.05) is 18.0 Å². The Labute approximate surface area is 168 Å². The molecular formula is C20H26BrN3O3. The van der Waals surface area contributed by atoms with Gasteiger partial charge in [0.2, 0.25) is 5.91 Å². The van der Waals surface area contributed by atoms with E-state index in [0.29, 0.717) is 13.0 Å². The number of halogens is 1. The van der Waals surface area contributed by atoms with Crippen molar-refractivity contribution in [3.8, 4) is 0 Å². The van der Waals surface area contributed by atoms with Crippen molar-refractivity contribution in [1.82, 2.24) is 9.80 Å². The first-order valence-electron chi connectivity index (χ1n) is 9.47. The van der Waals surface area contributed by atoms with Crippen molar-refractivity contribution in [2.45, 2.75) is 59.0 Å². The maximum Gasteiger partial charge on any atom is 0.328 e. The largest absolute Gasteiger partial charge is 0.328 e. The van der Waals surface area contributed by atoms with Crippen LogP contribution < -0.4 is 4.90 Å². The summed E-state index contributed by atoms with van der Waals surface area (Å²) in [5, 5.41) is 0. The lowest BCUT2D eigenvalue weighted by molar-refractivity contribution is -0.134. The molecule has 2 heterocycles. The predicted octanol–water partition coefficient (Wildman–Crippen LogP) is 3.62. The fraction of sp³-hybridized carbons (Fsp3) is 0.550. The summed E-state index contributed by atoms with van der Waals surface area (Å²) < 4.78 is 0.969. The fourth-order valence-corrected chi connectivity index (χ4v) is 4.74. The average molecular weight is 436 g/mol. The van der Waals surface area contributed by atoms with Crippen LogP contribution in [0.4, 0.5) is 10.5 Å². The monoisotopic (exact) mass is 435 g/mol. The standard InChI is InChI=1S/C20H26BrN3O3/c1-5-14(4)23-11-17(25)24(20(23)27)16-7-6-8-22(19(16)26)18-12(2)9-15(21)10-13(18)3/h9-10,14,16H,5-8,11H2,1-4H3/t14-,16+/m1/s1. The van der Waals surface area contributed by atoms with Crippen LogP contribution in [0.3, 0.4) is 0 Å². The molecule has 0 radical (unpaired) electrons. The Balaban J connectivity index is 1.90. The molecule has 7 heteroatoms. The van der Waals surface area contributed by atoms with Crippen LogP contribution in [-0.2, 0) is 9.59 Å². The summed E-state index contributed by atoms with van der Waals surface area (Å²) >= 11 is 3.49. The van der Waals surface area contributed by atoms with E-state index >= 15 is 0 Å². The van der Waals surface area contributed by atoms with Gasteiger partial charge in [-0.05, 0) is 63.3 Å². The number of amides is 4. The van der Waals surface area contributed by atoms with E-state index in [1.54, 1.807) is 9.80 Å². The van der Waals surface area contributed by atoms with Gasteiger partial charge in [0.1, 0.15) is 12.6 Å². The van der Waals surface area contributed by atoms with Crippen molar-refractivity contribution >= 4 is 39.5 Å². The summed E-state index contributed by atoms with van der Waals surface area (Å²) in [5.41, 5.74) is 2.87. The van der Waals surface area contributed by atoms with Crippen molar-refractivity contribution in [3.63, 3.8) is 0 Å². The Morgan fingerprint density at radius 3 is 2.41 bits per heavy atom. The first-order valence-corrected chi connectivity index (χ1v) is 10.3. The van der Waals surface area contributed by atoms with Gasteiger partial charge in [-0.15, -0.1) is 0 Å². The maximum atomic E-state index is 13.3. The van der Waals surface area contributed by atoms with Crippen LogP contribution in [0.15, 0.2) is 16.6 Å². The fourth-order valence-electron chi connectivity index (χ4n) is 4.05. The van der Waals surface area contributed by atoms with Crippen molar-refractivity contribution in [2.24, 2.45) is 0 Å². The smallest absolute Gasteiger partial charge is 0.312 e. The van der Waals surface area contributed by atoms with E-state index in [-0.39, 0.29) is 30.4 Å². The highest BCUT2D eigenvalue weighted by Gasteiger charge is 2.46. The number of carbonyl (C=O) groups excluding carboxylic acids is 3. The Bertz CT molecular complexity index is 772. The zero-order chi connectivity index (χ0) is 19.9. The highest BCUT2D eigenvalue weighted by Crippen LogP contribution is 2.33. The van der Waals surface area contributed by atoms with Gasteiger partial charge in [-0.3, -0.25) is 9.59 Å². The van der Waals surface area contributed by atoms with E-state index in [0.717, 1.165) is 34.1 Å². The molecular weight excluding hydrogens is 410 g/mol. The molecule has 1 aromatic carbocycles. The lowest BCUT2D eigenvalue weighted by Crippen LogP contribution is -2.55. The van der Waals surface area contributed by atoms with Crippen molar-refractivity contribution < 1.29 is 14.4 Å². The molecule has 3 rings (SSSR count). The van der Waals surface area contributed by atoms with Crippen molar-refractivity contribution in [3.05, 3.63) is 27.7 Å². The second-order valence-electron chi connectivity index (χ2n) is 7.47. The van der Waals surface area contributed by atoms with Crippen LogP contribution in [0.25, 0.3) is 0 Å². The zero-order valence-corrected chi connectivity index (χ0v) is 17.9. The number of rotatable bonds is 4. The van der Waals surface area contributed by atoms with E-state index in [2.05, 4.69) is 15.9 Å². The number of nitrogens with zero attached hydrogens (tertiary/aromatic N) is 3. The lowest BCUT2D eigenvalue weighted by atomic mass is 9.99. The minimum absolute atomic E-state index is 0.0165. The van der Waals surface area contributed by atoms with Gasteiger partial charge in [0.25, 0.3) is 5.91 Å². The zero-order valence-electron chi connectivity index (χ0n) is 16.3. The molecule has 4 amide bonds. The van der Waals surface area contributed by atoms with Gasteiger partial charge in [0.05, 0.1) is 0 Å². The molecule has 6 nitrogen and oxygen atoms in total. The average Bonchev–Trinajstić information content (AvgIpc) is 2.89. The van der Waals surface area contributed by atoms with Gasteiger partial charge in [0, 0.05) is 22.7 Å². The van der Waals surface area contributed by atoms with E-state index < -0.39 is 6.04 Å². The highest BCUT2D eigenvalue weighted by molar-refractivity contribution is 9.10. The number of carbonyl (C=O) groups is 3. The molecule has 0 saturated carbocycles.